The smallest absolute Gasteiger partial charge is 0.129 e. The number of hydrazine groups is 1. The third kappa shape index (κ3) is 2.80. The van der Waals surface area contributed by atoms with E-state index in [0.29, 0.717) is 0 Å². The molecule has 6 heteroatoms. The molecule has 102 valence electrons. The van der Waals surface area contributed by atoms with Crippen molar-refractivity contribution in [1.82, 2.24) is 15.2 Å². The van der Waals surface area contributed by atoms with Gasteiger partial charge in [0.1, 0.15) is 11.6 Å². The first-order chi connectivity index (χ1) is 9.02. The molecular weight excluding hydrogens is 250 g/mol. The molecule has 19 heavy (non-hydrogen) atoms. The molecule has 4 nitrogen and oxygen atoms in total. The van der Waals surface area contributed by atoms with Crippen molar-refractivity contribution in [2.75, 3.05) is 0 Å². The van der Waals surface area contributed by atoms with Gasteiger partial charge in [0.2, 0.25) is 0 Å². The van der Waals surface area contributed by atoms with Gasteiger partial charge in [0, 0.05) is 24.4 Å². The first-order valence-corrected chi connectivity index (χ1v) is 5.92. The lowest BCUT2D eigenvalue weighted by molar-refractivity contribution is 0.498. The predicted molar refractivity (Wildman–Crippen MR) is 68.1 cm³/mol. The van der Waals surface area contributed by atoms with E-state index in [2.05, 4.69) is 10.5 Å². The van der Waals surface area contributed by atoms with Gasteiger partial charge in [0.25, 0.3) is 0 Å². The van der Waals surface area contributed by atoms with Crippen molar-refractivity contribution >= 4 is 0 Å². The fraction of sp³-hybridized carbons (Fsp3) is 0.308. The van der Waals surface area contributed by atoms with Gasteiger partial charge in [0.05, 0.1) is 11.7 Å². The Morgan fingerprint density at radius 1 is 1.37 bits per heavy atom. The van der Waals surface area contributed by atoms with E-state index in [0.717, 1.165) is 11.3 Å². The van der Waals surface area contributed by atoms with Gasteiger partial charge in [-0.2, -0.15) is 5.10 Å². The van der Waals surface area contributed by atoms with Gasteiger partial charge >= 0.3 is 0 Å². The molecule has 0 saturated heterocycles. The molecule has 0 fully saturated rings. The highest BCUT2D eigenvalue weighted by Gasteiger charge is 2.19. The summed E-state index contributed by atoms with van der Waals surface area (Å²) in [6, 6.07) is 3.43. The van der Waals surface area contributed by atoms with E-state index in [1.54, 1.807) is 17.9 Å². The van der Waals surface area contributed by atoms with Crippen molar-refractivity contribution in [3.63, 3.8) is 0 Å². The van der Waals surface area contributed by atoms with E-state index in [1.807, 2.05) is 6.92 Å². The summed E-state index contributed by atoms with van der Waals surface area (Å²) in [5.74, 6) is 4.36. The van der Waals surface area contributed by atoms with Crippen LogP contribution >= 0.6 is 0 Å². The van der Waals surface area contributed by atoms with Crippen LogP contribution in [0.15, 0.2) is 24.4 Å². The Morgan fingerprint density at radius 3 is 2.47 bits per heavy atom. The maximum Gasteiger partial charge on any atom is 0.129 e. The fourth-order valence-corrected chi connectivity index (χ4v) is 2.15. The van der Waals surface area contributed by atoms with Crippen molar-refractivity contribution in [1.29, 1.82) is 0 Å². The minimum absolute atomic E-state index is 0.0219. The maximum atomic E-state index is 13.6. The van der Waals surface area contributed by atoms with Crippen LogP contribution in [0, 0.1) is 18.6 Å². The van der Waals surface area contributed by atoms with Crippen LogP contribution in [0.4, 0.5) is 8.78 Å². The molecule has 1 unspecified atom stereocenters. The number of rotatable bonds is 4. The molecule has 1 aromatic heterocycles. The number of nitrogens with one attached hydrogen (secondary N) is 1. The van der Waals surface area contributed by atoms with Crippen LogP contribution in [0.3, 0.4) is 0 Å². The Kier molecular flexibility index (Phi) is 3.92. The fourth-order valence-electron chi connectivity index (χ4n) is 2.15. The Bertz CT molecular complexity index is 560. The second-order valence-electron chi connectivity index (χ2n) is 4.47. The highest BCUT2D eigenvalue weighted by Crippen LogP contribution is 2.23. The van der Waals surface area contributed by atoms with Crippen molar-refractivity contribution in [2.24, 2.45) is 12.9 Å². The molecule has 2 rings (SSSR count). The number of aryl methyl sites for hydroxylation is 2. The van der Waals surface area contributed by atoms with E-state index in [1.165, 1.54) is 18.2 Å². The van der Waals surface area contributed by atoms with Crippen molar-refractivity contribution in [2.45, 2.75) is 19.4 Å². The Morgan fingerprint density at radius 2 is 2.00 bits per heavy atom. The maximum absolute atomic E-state index is 13.6. The van der Waals surface area contributed by atoms with Gasteiger partial charge in [0.15, 0.2) is 0 Å². The number of hydrogen-bond donors (Lipinski definition) is 2. The summed E-state index contributed by atoms with van der Waals surface area (Å²) < 4.78 is 28.9. The monoisotopic (exact) mass is 266 g/mol. The highest BCUT2D eigenvalue weighted by atomic mass is 19.1. The standard InChI is InChI=1S/C13H16F2N4/c1-8-10(7-19(2)18-8)13(17-16)6-9-11(14)4-3-5-12(9)15/h3-5,7,13,17H,6,16H2,1-2H3. The van der Waals surface area contributed by atoms with Crippen LogP contribution in [0.5, 0.6) is 0 Å². The lowest BCUT2D eigenvalue weighted by Gasteiger charge is -2.16. The lowest BCUT2D eigenvalue weighted by atomic mass is 9.99. The SMILES string of the molecule is Cc1nn(C)cc1C(Cc1c(F)cccc1F)NN. The molecule has 2 aromatic rings. The molecule has 0 saturated carbocycles. The van der Waals surface area contributed by atoms with E-state index in [4.69, 9.17) is 5.84 Å². The second-order valence-corrected chi connectivity index (χ2v) is 4.47. The van der Waals surface area contributed by atoms with Crippen LogP contribution in [-0.2, 0) is 13.5 Å². The van der Waals surface area contributed by atoms with Crippen LogP contribution in [-0.4, -0.2) is 9.78 Å². The Balaban J connectivity index is 2.32. The first kappa shape index (κ1) is 13.6. The lowest BCUT2D eigenvalue weighted by Crippen LogP contribution is -2.30. The van der Waals surface area contributed by atoms with Gasteiger partial charge in [-0.1, -0.05) is 6.07 Å². The number of nitrogens with two attached hydrogens (primary N) is 1. The minimum atomic E-state index is -0.568. The molecule has 1 heterocycles. The molecular formula is C13H16F2N4. The number of aromatic nitrogens is 2. The quantitative estimate of drug-likeness (QED) is 0.655. The zero-order valence-electron chi connectivity index (χ0n) is 10.8. The molecule has 0 spiro atoms. The summed E-state index contributed by atoms with van der Waals surface area (Å²) in [6.45, 7) is 1.83. The number of nitrogens with zero attached hydrogens (tertiary/aromatic N) is 2. The molecule has 1 atom stereocenters. The third-order valence-corrected chi connectivity index (χ3v) is 3.10. The van der Waals surface area contributed by atoms with Crippen LogP contribution in [0.1, 0.15) is 22.9 Å². The summed E-state index contributed by atoms with van der Waals surface area (Å²) in [4.78, 5) is 0. The molecule has 0 amide bonds. The average molecular weight is 266 g/mol. The van der Waals surface area contributed by atoms with Gasteiger partial charge in [-0.25, -0.2) is 8.78 Å². The summed E-state index contributed by atoms with van der Waals surface area (Å²) in [5, 5.41) is 4.20. The van der Waals surface area contributed by atoms with E-state index >= 15 is 0 Å². The summed E-state index contributed by atoms with van der Waals surface area (Å²) in [6.07, 6.45) is 1.92. The van der Waals surface area contributed by atoms with Gasteiger partial charge in [-0.05, 0) is 25.5 Å². The van der Waals surface area contributed by atoms with E-state index in [9.17, 15) is 8.78 Å². The van der Waals surface area contributed by atoms with E-state index in [-0.39, 0.29) is 18.0 Å². The molecule has 0 bridgehead atoms. The normalized spacial score (nSPS) is 12.7. The number of halogens is 2. The van der Waals surface area contributed by atoms with Crippen molar-refractivity contribution in [3.05, 3.63) is 52.9 Å². The summed E-state index contributed by atoms with van der Waals surface area (Å²) >= 11 is 0. The molecule has 0 aliphatic carbocycles. The zero-order chi connectivity index (χ0) is 14.0. The Labute approximate surface area is 110 Å². The zero-order valence-corrected chi connectivity index (χ0v) is 10.8. The van der Waals surface area contributed by atoms with Crippen LogP contribution in [0.2, 0.25) is 0 Å². The van der Waals surface area contributed by atoms with Crippen molar-refractivity contribution in [3.8, 4) is 0 Å². The predicted octanol–water partition coefficient (Wildman–Crippen LogP) is 1.75. The molecule has 1 aromatic carbocycles. The number of benzene rings is 1. The van der Waals surface area contributed by atoms with Gasteiger partial charge < -0.3 is 0 Å². The number of hydrogen-bond acceptors (Lipinski definition) is 3. The van der Waals surface area contributed by atoms with E-state index < -0.39 is 11.6 Å². The molecule has 0 aliphatic rings. The minimum Gasteiger partial charge on any atom is -0.275 e. The molecule has 0 radical (unpaired) electrons. The van der Waals surface area contributed by atoms with Crippen LogP contribution in [0.25, 0.3) is 0 Å². The van der Waals surface area contributed by atoms with Gasteiger partial charge in [-0.15, -0.1) is 0 Å². The highest BCUT2D eigenvalue weighted by molar-refractivity contribution is 5.26. The van der Waals surface area contributed by atoms with Gasteiger partial charge in [-0.3, -0.25) is 16.0 Å². The average Bonchev–Trinajstić information content (AvgIpc) is 2.68. The summed E-state index contributed by atoms with van der Waals surface area (Å²) in [5.41, 5.74) is 4.22. The first-order valence-electron chi connectivity index (χ1n) is 5.92. The van der Waals surface area contributed by atoms with Crippen molar-refractivity contribution < 1.29 is 8.78 Å². The topological polar surface area (TPSA) is 55.9 Å². The second kappa shape index (κ2) is 5.46. The molecule has 0 aliphatic heterocycles. The molecule has 3 N–H and O–H groups in total. The Hall–Kier alpha value is -1.79. The van der Waals surface area contributed by atoms with Crippen LogP contribution < -0.4 is 11.3 Å². The summed E-state index contributed by atoms with van der Waals surface area (Å²) in [7, 11) is 1.79. The third-order valence-electron chi connectivity index (χ3n) is 3.10. The largest absolute Gasteiger partial charge is 0.275 e.